The molecule has 0 atom stereocenters. The number of pyridine rings is 1. The SMILES string of the molecule is CCn1cc(-c2ccnc(Nc3cccc(N=O)c3)n2)c2cccnc21. The zero-order valence-electron chi connectivity index (χ0n) is 14.1. The van der Waals surface area contributed by atoms with E-state index < -0.39 is 0 Å². The summed E-state index contributed by atoms with van der Waals surface area (Å²) in [4.78, 5) is 24.0. The lowest BCUT2D eigenvalue weighted by atomic mass is 10.1. The largest absolute Gasteiger partial charge is 0.332 e. The minimum atomic E-state index is 0.350. The number of nitrogens with zero attached hydrogens (tertiary/aromatic N) is 5. The van der Waals surface area contributed by atoms with Crippen LogP contribution in [0.5, 0.6) is 0 Å². The van der Waals surface area contributed by atoms with Gasteiger partial charge in [-0.25, -0.2) is 15.0 Å². The molecule has 4 aromatic rings. The molecule has 0 spiro atoms. The van der Waals surface area contributed by atoms with Gasteiger partial charge in [0, 0.05) is 41.8 Å². The van der Waals surface area contributed by atoms with Gasteiger partial charge in [0.1, 0.15) is 11.3 Å². The van der Waals surface area contributed by atoms with Crippen LogP contribution in [-0.2, 0) is 6.54 Å². The zero-order valence-corrected chi connectivity index (χ0v) is 14.1. The Morgan fingerprint density at radius 1 is 1.12 bits per heavy atom. The van der Waals surface area contributed by atoms with Crippen LogP contribution in [0.3, 0.4) is 0 Å². The highest BCUT2D eigenvalue weighted by Gasteiger charge is 2.12. The second-order valence-electron chi connectivity index (χ2n) is 5.74. The highest BCUT2D eigenvalue weighted by molar-refractivity contribution is 5.93. The molecule has 7 heteroatoms. The fourth-order valence-corrected chi connectivity index (χ4v) is 2.91. The van der Waals surface area contributed by atoms with E-state index in [1.165, 1.54) is 0 Å². The summed E-state index contributed by atoms with van der Waals surface area (Å²) >= 11 is 0. The molecule has 3 heterocycles. The number of aromatic nitrogens is 4. The van der Waals surface area contributed by atoms with Crippen molar-refractivity contribution in [3.63, 3.8) is 0 Å². The number of anilines is 2. The fraction of sp³-hybridized carbons (Fsp3) is 0.105. The van der Waals surface area contributed by atoms with Crippen LogP contribution >= 0.6 is 0 Å². The van der Waals surface area contributed by atoms with Gasteiger partial charge in [-0.2, -0.15) is 0 Å². The minimum Gasteiger partial charge on any atom is -0.332 e. The first kappa shape index (κ1) is 15.9. The monoisotopic (exact) mass is 344 g/mol. The van der Waals surface area contributed by atoms with Gasteiger partial charge in [0.2, 0.25) is 5.95 Å². The maximum atomic E-state index is 10.7. The molecule has 1 N–H and O–H groups in total. The van der Waals surface area contributed by atoms with Crippen molar-refractivity contribution < 1.29 is 0 Å². The van der Waals surface area contributed by atoms with Gasteiger partial charge < -0.3 is 9.88 Å². The van der Waals surface area contributed by atoms with Crippen LogP contribution in [-0.4, -0.2) is 19.5 Å². The second kappa shape index (κ2) is 6.72. The Hall–Kier alpha value is -3.61. The molecule has 0 aliphatic rings. The normalized spacial score (nSPS) is 10.8. The summed E-state index contributed by atoms with van der Waals surface area (Å²) in [5, 5.41) is 7.11. The van der Waals surface area contributed by atoms with E-state index in [-0.39, 0.29) is 0 Å². The molecule has 7 nitrogen and oxygen atoms in total. The molecule has 0 fully saturated rings. The number of benzene rings is 1. The summed E-state index contributed by atoms with van der Waals surface area (Å²) in [6.45, 7) is 2.91. The van der Waals surface area contributed by atoms with Gasteiger partial charge in [-0.05, 0) is 48.5 Å². The fourth-order valence-electron chi connectivity index (χ4n) is 2.91. The molecule has 0 aliphatic carbocycles. The summed E-state index contributed by atoms with van der Waals surface area (Å²) in [6.07, 6.45) is 5.55. The van der Waals surface area contributed by atoms with Gasteiger partial charge >= 0.3 is 0 Å². The Balaban J connectivity index is 1.73. The van der Waals surface area contributed by atoms with Gasteiger partial charge in [-0.1, -0.05) is 6.07 Å². The van der Waals surface area contributed by atoms with Gasteiger partial charge in [-0.15, -0.1) is 4.91 Å². The lowest BCUT2D eigenvalue weighted by Gasteiger charge is -2.06. The number of nitroso groups, excluding NO2 is 1. The van der Waals surface area contributed by atoms with Crippen LogP contribution in [0.25, 0.3) is 22.3 Å². The minimum absolute atomic E-state index is 0.350. The van der Waals surface area contributed by atoms with Crippen molar-refractivity contribution in [3.05, 3.63) is 66.0 Å². The van der Waals surface area contributed by atoms with E-state index in [1.54, 1.807) is 30.6 Å². The molecule has 0 amide bonds. The maximum Gasteiger partial charge on any atom is 0.227 e. The Labute approximate surface area is 149 Å². The smallest absolute Gasteiger partial charge is 0.227 e. The van der Waals surface area contributed by atoms with E-state index in [4.69, 9.17) is 0 Å². The summed E-state index contributed by atoms with van der Waals surface area (Å²) in [7, 11) is 0. The van der Waals surface area contributed by atoms with Crippen LogP contribution in [0.1, 0.15) is 6.92 Å². The zero-order chi connectivity index (χ0) is 17.9. The van der Waals surface area contributed by atoms with Crippen LogP contribution in [0.2, 0.25) is 0 Å². The van der Waals surface area contributed by atoms with Crippen LogP contribution in [0.4, 0.5) is 17.3 Å². The second-order valence-corrected chi connectivity index (χ2v) is 5.74. The van der Waals surface area contributed by atoms with E-state index in [1.807, 2.05) is 24.3 Å². The average molecular weight is 344 g/mol. The summed E-state index contributed by atoms with van der Waals surface area (Å²) in [5.41, 5.74) is 3.80. The Bertz CT molecular complexity index is 1090. The van der Waals surface area contributed by atoms with E-state index >= 15 is 0 Å². The molecule has 0 unspecified atom stereocenters. The highest BCUT2D eigenvalue weighted by atomic mass is 16.3. The third-order valence-corrected chi connectivity index (χ3v) is 4.11. The molecule has 1 aromatic carbocycles. The van der Waals surface area contributed by atoms with Crippen LogP contribution in [0, 0.1) is 4.91 Å². The van der Waals surface area contributed by atoms with Gasteiger partial charge in [-0.3, -0.25) is 0 Å². The van der Waals surface area contributed by atoms with Crippen molar-refractivity contribution in [1.82, 2.24) is 19.5 Å². The van der Waals surface area contributed by atoms with Crippen molar-refractivity contribution in [3.8, 4) is 11.3 Å². The summed E-state index contributed by atoms with van der Waals surface area (Å²) < 4.78 is 2.10. The Morgan fingerprint density at radius 3 is 2.88 bits per heavy atom. The van der Waals surface area contributed by atoms with E-state index in [9.17, 15) is 4.91 Å². The van der Waals surface area contributed by atoms with E-state index in [2.05, 4.69) is 43.1 Å². The van der Waals surface area contributed by atoms with E-state index in [0.717, 1.165) is 28.8 Å². The first-order valence-electron chi connectivity index (χ1n) is 8.26. The molecule has 3 aromatic heterocycles. The average Bonchev–Trinajstić information content (AvgIpc) is 3.07. The van der Waals surface area contributed by atoms with Crippen molar-refractivity contribution in [2.45, 2.75) is 13.5 Å². The first-order chi connectivity index (χ1) is 12.8. The molecule has 0 bridgehead atoms. The molecule has 26 heavy (non-hydrogen) atoms. The van der Waals surface area contributed by atoms with Crippen LogP contribution in [0.15, 0.2) is 66.2 Å². The number of nitrogens with one attached hydrogen (secondary N) is 1. The highest BCUT2D eigenvalue weighted by Crippen LogP contribution is 2.29. The van der Waals surface area contributed by atoms with Gasteiger partial charge in [0.05, 0.1) is 5.69 Å². The standard InChI is InChI=1S/C19H16N6O/c1-2-25-12-16(15-7-4-9-20-18(15)25)17-8-10-21-19(23-17)22-13-5-3-6-14(11-13)24-26/h3-12H,2H2,1H3,(H,21,22,23). The molecule has 0 saturated heterocycles. The molecular formula is C19H16N6O. The van der Waals surface area contributed by atoms with Crippen molar-refractivity contribution >= 4 is 28.4 Å². The molecule has 4 rings (SSSR count). The first-order valence-corrected chi connectivity index (χ1v) is 8.26. The third kappa shape index (κ3) is 2.90. The molecule has 0 saturated carbocycles. The Kier molecular flexibility index (Phi) is 4.10. The van der Waals surface area contributed by atoms with Crippen molar-refractivity contribution in [2.75, 3.05) is 5.32 Å². The molecule has 128 valence electrons. The molecular weight excluding hydrogens is 328 g/mol. The molecule has 0 radical (unpaired) electrons. The van der Waals surface area contributed by atoms with Crippen LogP contribution < -0.4 is 5.32 Å². The number of aryl methyl sites for hydroxylation is 1. The van der Waals surface area contributed by atoms with Gasteiger partial charge in [0.15, 0.2) is 0 Å². The quantitative estimate of drug-likeness (QED) is 0.532. The third-order valence-electron chi connectivity index (χ3n) is 4.11. The van der Waals surface area contributed by atoms with Gasteiger partial charge in [0.25, 0.3) is 0 Å². The predicted molar refractivity (Wildman–Crippen MR) is 102 cm³/mol. The maximum absolute atomic E-state index is 10.7. The van der Waals surface area contributed by atoms with E-state index in [0.29, 0.717) is 17.3 Å². The van der Waals surface area contributed by atoms with Crippen molar-refractivity contribution in [1.29, 1.82) is 0 Å². The van der Waals surface area contributed by atoms with Crippen molar-refractivity contribution in [2.24, 2.45) is 5.18 Å². The number of hydrogen-bond donors (Lipinski definition) is 1. The number of fused-ring (bicyclic) bond motifs is 1. The topological polar surface area (TPSA) is 85.1 Å². The molecule has 0 aliphatic heterocycles. The number of hydrogen-bond acceptors (Lipinski definition) is 6. The lowest BCUT2D eigenvalue weighted by Crippen LogP contribution is -1.97. The summed E-state index contributed by atoms with van der Waals surface area (Å²) in [5.74, 6) is 0.451. The summed E-state index contributed by atoms with van der Waals surface area (Å²) in [6, 6.07) is 12.7. The predicted octanol–water partition coefficient (Wildman–Crippen LogP) is 4.65. The number of rotatable bonds is 5. The Morgan fingerprint density at radius 2 is 2.04 bits per heavy atom. The lowest BCUT2D eigenvalue weighted by molar-refractivity contribution is 0.788.